The normalized spacial score (nSPS) is 16.4. The lowest BCUT2D eigenvalue weighted by atomic mass is 9.69. The van der Waals surface area contributed by atoms with Crippen LogP contribution in [0.4, 0.5) is 0 Å². The molecule has 2 aromatic rings. The fraction of sp³-hybridized carbons (Fsp3) is 0.467. The maximum Gasteiger partial charge on any atom is 0.325 e. The Morgan fingerprint density at radius 3 is 2.11 bits per heavy atom. The Bertz CT molecular complexity index is 1110. The van der Waals surface area contributed by atoms with Crippen molar-refractivity contribution in [3.05, 3.63) is 75.9 Å². The van der Waals surface area contributed by atoms with Crippen LogP contribution in [0.25, 0.3) is 6.08 Å². The van der Waals surface area contributed by atoms with E-state index >= 15 is 0 Å². The minimum Gasteiger partial charge on any atom is -0.480 e. The smallest absolute Gasteiger partial charge is 0.325 e. The summed E-state index contributed by atoms with van der Waals surface area (Å²) >= 11 is 0. The summed E-state index contributed by atoms with van der Waals surface area (Å²) in [7, 11) is 0. The molecule has 1 aliphatic rings. The fourth-order valence-corrected chi connectivity index (χ4v) is 5.34. The third-order valence-corrected chi connectivity index (χ3v) is 7.81. The molecule has 0 spiro atoms. The van der Waals surface area contributed by atoms with Crippen LogP contribution in [0.15, 0.2) is 42.5 Å². The van der Waals surface area contributed by atoms with E-state index < -0.39 is 17.6 Å². The number of benzene rings is 2. The van der Waals surface area contributed by atoms with Gasteiger partial charge in [0.15, 0.2) is 0 Å². The second kappa shape index (κ2) is 10.8. The molecule has 2 aromatic carbocycles. The molecule has 1 unspecified atom stereocenters. The van der Waals surface area contributed by atoms with Gasteiger partial charge in [0.25, 0.3) is 5.91 Å². The molecule has 3 rings (SSSR count). The van der Waals surface area contributed by atoms with Gasteiger partial charge in [-0.3, -0.25) is 9.59 Å². The zero-order valence-corrected chi connectivity index (χ0v) is 21.6. The molecule has 1 fully saturated rings. The summed E-state index contributed by atoms with van der Waals surface area (Å²) in [5.74, 6) is -1.44. The van der Waals surface area contributed by atoms with Gasteiger partial charge in [-0.2, -0.15) is 0 Å². The van der Waals surface area contributed by atoms with Gasteiger partial charge in [0.2, 0.25) is 0 Å². The Morgan fingerprint density at radius 1 is 1.03 bits per heavy atom. The molecular formula is C30H39NO4. The predicted molar refractivity (Wildman–Crippen MR) is 141 cm³/mol. The molecule has 1 saturated carbocycles. The van der Waals surface area contributed by atoms with Crippen molar-refractivity contribution in [2.24, 2.45) is 0 Å². The maximum atomic E-state index is 12.6. The minimum absolute atomic E-state index is 0.204. The number of carboxylic acids is 1. The standard InChI is InChI=1S/C30H39NO4/c1-6-30(7-2,25-12-13-26(21(4)19-25)27(32)31-22(5)28(33)34)24-11-10-23(20(3)18-24)14-17-29(35)15-8-9-16-29/h10-14,17-19,22,35H,6-9,15-16H2,1-5H3,(H,31,32)(H,33,34). The average molecular weight is 478 g/mol. The van der Waals surface area contributed by atoms with Crippen molar-refractivity contribution in [1.82, 2.24) is 5.32 Å². The molecule has 188 valence electrons. The van der Waals surface area contributed by atoms with Crippen LogP contribution in [0, 0.1) is 13.8 Å². The SMILES string of the molecule is CCC(CC)(c1ccc(C=CC2(O)CCCC2)c(C)c1)c1ccc(C(=O)NC(C)C(=O)O)c(C)c1. The van der Waals surface area contributed by atoms with E-state index in [0.717, 1.165) is 55.2 Å². The maximum absolute atomic E-state index is 12.6. The van der Waals surface area contributed by atoms with Crippen molar-refractivity contribution in [1.29, 1.82) is 0 Å². The van der Waals surface area contributed by atoms with Crippen LogP contribution >= 0.6 is 0 Å². The molecular weight excluding hydrogens is 438 g/mol. The largest absolute Gasteiger partial charge is 0.480 e. The molecule has 0 aliphatic heterocycles. The highest BCUT2D eigenvalue weighted by Gasteiger charge is 2.32. The first kappa shape index (κ1) is 26.7. The first-order valence-corrected chi connectivity index (χ1v) is 12.7. The Morgan fingerprint density at radius 2 is 1.60 bits per heavy atom. The molecule has 0 heterocycles. The molecule has 5 heteroatoms. The first-order chi connectivity index (χ1) is 16.5. The number of hydrogen-bond acceptors (Lipinski definition) is 3. The van der Waals surface area contributed by atoms with E-state index in [1.165, 1.54) is 18.1 Å². The second-order valence-corrected chi connectivity index (χ2v) is 10.1. The van der Waals surface area contributed by atoms with Crippen LogP contribution in [0.2, 0.25) is 0 Å². The number of carboxylic acid groups (broad SMARTS) is 1. The topological polar surface area (TPSA) is 86.6 Å². The second-order valence-electron chi connectivity index (χ2n) is 10.1. The number of nitrogens with one attached hydrogen (secondary N) is 1. The van der Waals surface area contributed by atoms with E-state index in [9.17, 15) is 14.7 Å². The molecule has 5 nitrogen and oxygen atoms in total. The van der Waals surface area contributed by atoms with Crippen molar-refractivity contribution < 1.29 is 19.8 Å². The lowest BCUT2D eigenvalue weighted by Gasteiger charge is -2.34. The van der Waals surface area contributed by atoms with Crippen molar-refractivity contribution >= 4 is 18.0 Å². The number of carbonyl (C=O) groups excluding carboxylic acids is 1. The van der Waals surface area contributed by atoms with Gasteiger partial charge in [0, 0.05) is 11.0 Å². The predicted octanol–water partition coefficient (Wildman–Crippen LogP) is 5.93. The zero-order chi connectivity index (χ0) is 25.8. The summed E-state index contributed by atoms with van der Waals surface area (Å²) in [4.78, 5) is 23.7. The van der Waals surface area contributed by atoms with Crippen LogP contribution in [0.5, 0.6) is 0 Å². The number of aryl methyl sites for hydroxylation is 2. The highest BCUT2D eigenvalue weighted by Crippen LogP contribution is 2.40. The Kier molecular flexibility index (Phi) is 8.22. The third-order valence-electron chi connectivity index (χ3n) is 7.81. The lowest BCUT2D eigenvalue weighted by Crippen LogP contribution is -2.38. The number of carbonyl (C=O) groups is 2. The van der Waals surface area contributed by atoms with Gasteiger partial charge in [0.1, 0.15) is 6.04 Å². The number of aliphatic hydroxyl groups is 1. The van der Waals surface area contributed by atoms with Crippen LogP contribution in [0.1, 0.15) is 97.5 Å². The summed E-state index contributed by atoms with van der Waals surface area (Å²) in [5, 5.41) is 22.3. The van der Waals surface area contributed by atoms with Gasteiger partial charge < -0.3 is 15.5 Å². The fourth-order valence-electron chi connectivity index (χ4n) is 5.34. The van der Waals surface area contributed by atoms with E-state index in [4.69, 9.17) is 5.11 Å². The Labute approximate surface area is 209 Å². The van der Waals surface area contributed by atoms with Gasteiger partial charge >= 0.3 is 5.97 Å². The zero-order valence-electron chi connectivity index (χ0n) is 21.6. The molecule has 0 aromatic heterocycles. The van der Waals surface area contributed by atoms with Gasteiger partial charge in [-0.15, -0.1) is 0 Å². The molecule has 1 aliphatic carbocycles. The quantitative estimate of drug-likeness (QED) is 0.418. The van der Waals surface area contributed by atoms with E-state index in [1.807, 2.05) is 19.1 Å². The molecule has 0 radical (unpaired) electrons. The number of rotatable bonds is 9. The summed E-state index contributed by atoms with van der Waals surface area (Å²) in [6, 6.07) is 11.5. The van der Waals surface area contributed by atoms with E-state index in [1.54, 1.807) is 6.07 Å². The average Bonchev–Trinajstić information content (AvgIpc) is 3.26. The van der Waals surface area contributed by atoms with Gasteiger partial charge in [0.05, 0.1) is 5.60 Å². The van der Waals surface area contributed by atoms with Crippen LogP contribution < -0.4 is 5.32 Å². The number of amides is 1. The highest BCUT2D eigenvalue weighted by atomic mass is 16.4. The van der Waals surface area contributed by atoms with Crippen molar-refractivity contribution in [3.8, 4) is 0 Å². The summed E-state index contributed by atoms with van der Waals surface area (Å²) in [5.41, 5.74) is 5.10. The van der Waals surface area contributed by atoms with Crippen LogP contribution in [0.3, 0.4) is 0 Å². The molecule has 1 atom stereocenters. The van der Waals surface area contributed by atoms with Crippen molar-refractivity contribution in [3.63, 3.8) is 0 Å². The molecule has 1 amide bonds. The van der Waals surface area contributed by atoms with Crippen molar-refractivity contribution in [2.45, 2.75) is 90.2 Å². The van der Waals surface area contributed by atoms with Crippen LogP contribution in [-0.4, -0.2) is 33.7 Å². The third kappa shape index (κ3) is 5.67. The van der Waals surface area contributed by atoms with Gasteiger partial charge in [-0.1, -0.05) is 69.2 Å². The number of hydrogen-bond donors (Lipinski definition) is 3. The minimum atomic E-state index is -1.06. The van der Waals surface area contributed by atoms with Gasteiger partial charge in [-0.05, 0) is 80.3 Å². The van der Waals surface area contributed by atoms with E-state index in [0.29, 0.717) is 5.56 Å². The lowest BCUT2D eigenvalue weighted by molar-refractivity contribution is -0.138. The summed E-state index contributed by atoms with van der Waals surface area (Å²) < 4.78 is 0. The Hall–Kier alpha value is -2.92. The first-order valence-electron chi connectivity index (χ1n) is 12.7. The molecule has 3 N–H and O–H groups in total. The summed E-state index contributed by atoms with van der Waals surface area (Å²) in [6.45, 7) is 9.84. The summed E-state index contributed by atoms with van der Waals surface area (Å²) in [6.07, 6.45) is 9.64. The molecule has 0 saturated heterocycles. The molecule has 35 heavy (non-hydrogen) atoms. The Balaban J connectivity index is 1.92. The van der Waals surface area contributed by atoms with Crippen molar-refractivity contribution in [2.75, 3.05) is 0 Å². The highest BCUT2D eigenvalue weighted by molar-refractivity contribution is 5.97. The van der Waals surface area contributed by atoms with E-state index in [-0.39, 0.29) is 11.3 Å². The van der Waals surface area contributed by atoms with Gasteiger partial charge in [-0.25, -0.2) is 0 Å². The van der Waals surface area contributed by atoms with E-state index in [2.05, 4.69) is 56.4 Å². The molecule has 0 bridgehead atoms. The van der Waals surface area contributed by atoms with Crippen LogP contribution in [-0.2, 0) is 10.2 Å². The number of aliphatic carboxylic acids is 1. The monoisotopic (exact) mass is 477 g/mol.